The van der Waals surface area contributed by atoms with Crippen molar-refractivity contribution in [1.29, 1.82) is 0 Å². The van der Waals surface area contributed by atoms with Gasteiger partial charge in [-0.25, -0.2) is 10.2 Å². The van der Waals surface area contributed by atoms with E-state index in [1.807, 2.05) is 0 Å². The van der Waals surface area contributed by atoms with Gasteiger partial charge in [-0.2, -0.15) is 5.10 Å². The van der Waals surface area contributed by atoms with Crippen molar-refractivity contribution in [2.45, 2.75) is 20.3 Å². The fraction of sp³-hybridized carbons (Fsp3) is 0.556. The van der Waals surface area contributed by atoms with Crippen LogP contribution in [0.5, 0.6) is 0 Å². The molecule has 0 saturated heterocycles. The fourth-order valence-corrected chi connectivity index (χ4v) is 1.38. The first-order valence-electron chi connectivity index (χ1n) is 4.40. The summed E-state index contributed by atoms with van der Waals surface area (Å²) in [5, 5.41) is 3.72. The van der Waals surface area contributed by atoms with Crippen molar-refractivity contribution >= 4 is 12.2 Å². The summed E-state index contributed by atoms with van der Waals surface area (Å²) in [6, 6.07) is -0.629. The van der Waals surface area contributed by atoms with E-state index in [4.69, 9.17) is 5.73 Å². The molecule has 0 spiro atoms. The highest BCUT2D eigenvalue weighted by Crippen LogP contribution is 2.29. The van der Waals surface area contributed by atoms with E-state index in [9.17, 15) is 4.79 Å². The molecule has 0 heterocycles. The molecule has 4 heteroatoms. The highest BCUT2D eigenvalue weighted by molar-refractivity contribution is 5.81. The Morgan fingerprint density at radius 3 is 2.92 bits per heavy atom. The molecule has 1 rings (SSSR count). The number of hydrogen-bond acceptors (Lipinski definition) is 2. The second-order valence-corrected chi connectivity index (χ2v) is 3.44. The van der Waals surface area contributed by atoms with Gasteiger partial charge in [-0.1, -0.05) is 19.9 Å². The number of primary amides is 1. The van der Waals surface area contributed by atoms with Gasteiger partial charge >= 0.3 is 6.03 Å². The summed E-state index contributed by atoms with van der Waals surface area (Å²) in [5.74, 6) is 1.17. The molecular weight excluding hydrogens is 166 g/mol. The lowest BCUT2D eigenvalue weighted by atomic mass is 9.95. The number of allylic oxidation sites excluding steroid dienone is 2. The van der Waals surface area contributed by atoms with Crippen molar-refractivity contribution in [2.75, 3.05) is 0 Å². The second kappa shape index (κ2) is 4.07. The maximum absolute atomic E-state index is 10.3. The zero-order chi connectivity index (χ0) is 9.84. The first-order chi connectivity index (χ1) is 6.11. The number of hydrazone groups is 1. The van der Waals surface area contributed by atoms with Crippen molar-refractivity contribution in [3.8, 4) is 0 Å². The van der Waals surface area contributed by atoms with Crippen LogP contribution in [0.25, 0.3) is 0 Å². The van der Waals surface area contributed by atoms with Gasteiger partial charge in [-0.05, 0) is 23.8 Å². The first kappa shape index (κ1) is 9.77. The Bertz CT molecular complexity index is 258. The van der Waals surface area contributed by atoms with Crippen LogP contribution in [0, 0.1) is 11.8 Å². The van der Waals surface area contributed by atoms with Crippen LogP contribution < -0.4 is 11.2 Å². The van der Waals surface area contributed by atoms with E-state index in [1.165, 1.54) is 5.57 Å². The summed E-state index contributed by atoms with van der Waals surface area (Å²) in [5.41, 5.74) is 8.20. The van der Waals surface area contributed by atoms with Gasteiger partial charge in [-0.15, -0.1) is 0 Å². The fourth-order valence-electron chi connectivity index (χ4n) is 1.38. The molecule has 0 radical (unpaired) electrons. The van der Waals surface area contributed by atoms with Crippen LogP contribution >= 0.6 is 0 Å². The Kier molecular flexibility index (Phi) is 3.06. The molecule has 0 fully saturated rings. The Morgan fingerprint density at radius 2 is 2.46 bits per heavy atom. The smallest absolute Gasteiger partial charge is 0.332 e. The monoisotopic (exact) mass is 181 g/mol. The van der Waals surface area contributed by atoms with Gasteiger partial charge in [0.2, 0.25) is 0 Å². The summed E-state index contributed by atoms with van der Waals surface area (Å²) >= 11 is 0. The van der Waals surface area contributed by atoms with Crippen LogP contribution in [0.4, 0.5) is 4.79 Å². The summed E-state index contributed by atoms with van der Waals surface area (Å²) in [7, 11) is 0. The SMILES string of the molecule is CC1CC=C(/C=N/NC(N)=O)C1C. The summed E-state index contributed by atoms with van der Waals surface area (Å²) in [4.78, 5) is 10.3. The highest BCUT2D eigenvalue weighted by atomic mass is 16.2. The number of nitrogens with one attached hydrogen (secondary N) is 1. The summed E-state index contributed by atoms with van der Waals surface area (Å²) < 4.78 is 0. The Balaban J connectivity index is 2.46. The van der Waals surface area contributed by atoms with Gasteiger partial charge in [0.15, 0.2) is 0 Å². The Labute approximate surface area is 77.9 Å². The minimum absolute atomic E-state index is 0.512. The zero-order valence-electron chi connectivity index (χ0n) is 7.95. The molecule has 4 nitrogen and oxygen atoms in total. The molecule has 0 aromatic heterocycles. The Morgan fingerprint density at radius 1 is 1.77 bits per heavy atom. The molecule has 0 aromatic rings. The molecule has 1 aliphatic carbocycles. The van der Waals surface area contributed by atoms with E-state index in [2.05, 4.69) is 30.5 Å². The van der Waals surface area contributed by atoms with E-state index in [1.54, 1.807) is 6.21 Å². The summed E-state index contributed by atoms with van der Waals surface area (Å²) in [6.45, 7) is 4.35. The van der Waals surface area contributed by atoms with E-state index < -0.39 is 6.03 Å². The maximum Gasteiger partial charge on any atom is 0.332 e. The molecule has 0 saturated carbocycles. The van der Waals surface area contributed by atoms with Crippen molar-refractivity contribution in [3.63, 3.8) is 0 Å². The van der Waals surface area contributed by atoms with Crippen LogP contribution in [0.1, 0.15) is 20.3 Å². The van der Waals surface area contributed by atoms with Crippen LogP contribution in [-0.2, 0) is 0 Å². The van der Waals surface area contributed by atoms with Crippen molar-refractivity contribution in [1.82, 2.24) is 5.43 Å². The van der Waals surface area contributed by atoms with Gasteiger partial charge in [0, 0.05) is 0 Å². The van der Waals surface area contributed by atoms with Crippen LogP contribution in [-0.4, -0.2) is 12.2 Å². The third kappa shape index (κ3) is 2.57. The molecule has 72 valence electrons. The van der Waals surface area contributed by atoms with Crippen LogP contribution in [0.3, 0.4) is 0 Å². The maximum atomic E-state index is 10.3. The minimum atomic E-state index is -0.629. The highest BCUT2D eigenvalue weighted by Gasteiger charge is 2.20. The number of amides is 2. The normalized spacial score (nSPS) is 27.7. The molecular formula is C9H15N3O. The zero-order valence-corrected chi connectivity index (χ0v) is 7.95. The predicted molar refractivity (Wildman–Crippen MR) is 52.2 cm³/mol. The van der Waals surface area contributed by atoms with E-state index in [0.717, 1.165) is 6.42 Å². The average molecular weight is 181 g/mol. The number of hydrogen-bond donors (Lipinski definition) is 2. The molecule has 0 bridgehead atoms. The topological polar surface area (TPSA) is 67.5 Å². The molecule has 2 amide bonds. The van der Waals surface area contributed by atoms with Gasteiger partial charge in [0.25, 0.3) is 0 Å². The number of carbonyl (C=O) groups excluding carboxylic acids is 1. The molecule has 0 aliphatic heterocycles. The molecule has 2 atom stereocenters. The third-order valence-corrected chi connectivity index (χ3v) is 2.49. The number of nitrogens with two attached hydrogens (primary N) is 1. The quantitative estimate of drug-likeness (QED) is 0.488. The lowest BCUT2D eigenvalue weighted by molar-refractivity contribution is 0.249. The predicted octanol–water partition coefficient (Wildman–Crippen LogP) is 1.24. The standard InChI is InChI=1S/C9H15N3O/c1-6-3-4-8(7(6)2)5-11-12-9(10)13/h4-7H,3H2,1-2H3,(H3,10,12,13)/b11-5+. The van der Waals surface area contributed by atoms with E-state index in [-0.39, 0.29) is 0 Å². The van der Waals surface area contributed by atoms with E-state index >= 15 is 0 Å². The average Bonchev–Trinajstić information content (AvgIpc) is 2.35. The van der Waals surface area contributed by atoms with Crippen LogP contribution in [0.2, 0.25) is 0 Å². The third-order valence-electron chi connectivity index (χ3n) is 2.49. The molecule has 0 aromatic carbocycles. The van der Waals surface area contributed by atoms with Crippen molar-refractivity contribution in [2.24, 2.45) is 22.7 Å². The lowest BCUT2D eigenvalue weighted by Gasteiger charge is -2.10. The van der Waals surface area contributed by atoms with Gasteiger partial charge < -0.3 is 5.73 Å². The van der Waals surface area contributed by atoms with Crippen molar-refractivity contribution in [3.05, 3.63) is 11.6 Å². The lowest BCUT2D eigenvalue weighted by Crippen LogP contribution is -2.24. The first-order valence-corrected chi connectivity index (χ1v) is 4.40. The summed E-state index contributed by atoms with van der Waals surface area (Å²) in [6.07, 6.45) is 4.89. The van der Waals surface area contributed by atoms with Gasteiger partial charge in [-0.3, -0.25) is 0 Å². The number of rotatable bonds is 2. The molecule has 13 heavy (non-hydrogen) atoms. The molecule has 3 N–H and O–H groups in total. The van der Waals surface area contributed by atoms with Crippen molar-refractivity contribution < 1.29 is 4.79 Å². The minimum Gasteiger partial charge on any atom is -0.350 e. The van der Waals surface area contributed by atoms with Gasteiger partial charge in [0.1, 0.15) is 0 Å². The largest absolute Gasteiger partial charge is 0.350 e. The second-order valence-electron chi connectivity index (χ2n) is 3.44. The number of nitrogens with zero attached hydrogens (tertiary/aromatic N) is 1. The van der Waals surface area contributed by atoms with Crippen LogP contribution in [0.15, 0.2) is 16.8 Å². The number of carbonyl (C=O) groups is 1. The van der Waals surface area contributed by atoms with E-state index in [0.29, 0.717) is 11.8 Å². The number of urea groups is 1. The Hall–Kier alpha value is -1.32. The van der Waals surface area contributed by atoms with Gasteiger partial charge in [0.05, 0.1) is 6.21 Å². The molecule has 1 aliphatic rings. The molecule has 2 unspecified atom stereocenters.